The fraction of sp³-hybridized carbons (Fsp3) is 0.444. The Labute approximate surface area is 95.5 Å². The largest absolute Gasteiger partial charge is 0.476 e. The van der Waals surface area contributed by atoms with E-state index in [0.717, 1.165) is 0 Å². The predicted octanol–water partition coefficient (Wildman–Crippen LogP) is 0.354. The molecule has 1 rings (SSSR count). The summed E-state index contributed by atoms with van der Waals surface area (Å²) in [4.78, 5) is 10.5. The first kappa shape index (κ1) is 12.6. The molecule has 6 nitrogen and oxygen atoms in total. The monoisotopic (exact) mass is 243 g/mol. The van der Waals surface area contributed by atoms with Gasteiger partial charge < -0.3 is 10.4 Å². The zero-order chi connectivity index (χ0) is 12.1. The van der Waals surface area contributed by atoms with Crippen LogP contribution in [0.4, 0.5) is 5.82 Å². The molecule has 0 spiro atoms. The average Bonchev–Trinajstić information content (AvgIpc) is 2.26. The third-order valence-corrected chi connectivity index (χ3v) is 3.32. The summed E-state index contributed by atoms with van der Waals surface area (Å²) >= 11 is 0. The molecular formula is C9H13N3O3S. The topological polar surface area (TPSA) is 92.2 Å². The summed E-state index contributed by atoms with van der Waals surface area (Å²) in [6, 6.07) is 2.90. The van der Waals surface area contributed by atoms with Crippen LogP contribution in [-0.4, -0.2) is 43.5 Å². The molecule has 0 aliphatic carbocycles. The molecule has 0 aromatic carbocycles. The summed E-state index contributed by atoms with van der Waals surface area (Å²) < 4.78 is 11.1. The molecule has 0 fully saturated rings. The van der Waals surface area contributed by atoms with E-state index >= 15 is 0 Å². The van der Waals surface area contributed by atoms with E-state index in [2.05, 4.69) is 15.5 Å². The number of hydrogen-bond donors (Lipinski definition) is 2. The fourth-order valence-corrected chi connectivity index (χ4v) is 1.22. The Morgan fingerprint density at radius 1 is 1.56 bits per heavy atom. The van der Waals surface area contributed by atoms with Crippen LogP contribution in [0.5, 0.6) is 0 Å². The predicted molar refractivity (Wildman–Crippen MR) is 61.0 cm³/mol. The van der Waals surface area contributed by atoms with Crippen molar-refractivity contribution in [3.8, 4) is 0 Å². The van der Waals surface area contributed by atoms with Crippen molar-refractivity contribution in [2.45, 2.75) is 12.2 Å². The lowest BCUT2D eigenvalue weighted by Gasteiger charge is -2.09. The average molecular weight is 243 g/mol. The van der Waals surface area contributed by atoms with E-state index in [0.29, 0.717) is 12.4 Å². The van der Waals surface area contributed by atoms with Gasteiger partial charge in [-0.2, -0.15) is 0 Å². The standard InChI is InChI=1S/C9H13N3O3S/c1-6(16(2)15)5-10-8-4-3-7(9(13)14)11-12-8/h3-4,6H,5H2,1-2H3,(H,10,12)(H,13,14). The van der Waals surface area contributed by atoms with Gasteiger partial charge in [0.15, 0.2) is 5.69 Å². The zero-order valence-electron chi connectivity index (χ0n) is 9.01. The minimum atomic E-state index is -1.11. The number of carboxylic acids is 1. The number of carboxylic acid groups (broad SMARTS) is 1. The highest BCUT2D eigenvalue weighted by atomic mass is 32.2. The van der Waals surface area contributed by atoms with Crippen LogP contribution in [0.3, 0.4) is 0 Å². The Hall–Kier alpha value is -1.50. The molecule has 1 aromatic rings. The van der Waals surface area contributed by atoms with Crippen molar-refractivity contribution in [1.82, 2.24) is 10.2 Å². The number of nitrogens with zero attached hydrogens (tertiary/aromatic N) is 2. The van der Waals surface area contributed by atoms with Gasteiger partial charge >= 0.3 is 5.97 Å². The van der Waals surface area contributed by atoms with E-state index < -0.39 is 16.8 Å². The van der Waals surface area contributed by atoms with E-state index in [4.69, 9.17) is 5.11 Å². The molecule has 0 saturated heterocycles. The summed E-state index contributed by atoms with van der Waals surface area (Å²) in [6.07, 6.45) is 1.63. The van der Waals surface area contributed by atoms with Crippen LogP contribution >= 0.6 is 0 Å². The summed E-state index contributed by atoms with van der Waals surface area (Å²) in [5.74, 6) is -0.635. The molecule has 0 saturated carbocycles. The van der Waals surface area contributed by atoms with Gasteiger partial charge in [0.25, 0.3) is 0 Å². The lowest BCUT2D eigenvalue weighted by Crippen LogP contribution is -2.21. The first-order valence-electron chi connectivity index (χ1n) is 4.64. The highest BCUT2D eigenvalue weighted by Gasteiger charge is 2.07. The molecule has 16 heavy (non-hydrogen) atoms. The zero-order valence-corrected chi connectivity index (χ0v) is 9.82. The number of carbonyl (C=O) groups is 1. The van der Waals surface area contributed by atoms with E-state index in [9.17, 15) is 9.00 Å². The normalized spacial score (nSPS) is 14.1. The van der Waals surface area contributed by atoms with Gasteiger partial charge in [0.1, 0.15) is 5.82 Å². The fourth-order valence-electron chi connectivity index (χ4n) is 0.906. The molecule has 2 N–H and O–H groups in total. The lowest BCUT2D eigenvalue weighted by atomic mass is 10.4. The maximum absolute atomic E-state index is 11.1. The molecule has 0 radical (unpaired) electrons. The van der Waals surface area contributed by atoms with Crippen LogP contribution in [0.1, 0.15) is 17.4 Å². The third-order valence-electron chi connectivity index (χ3n) is 2.02. The van der Waals surface area contributed by atoms with Crippen LogP contribution < -0.4 is 5.32 Å². The van der Waals surface area contributed by atoms with Gasteiger partial charge in [0.2, 0.25) is 0 Å². The van der Waals surface area contributed by atoms with E-state index in [1.165, 1.54) is 12.1 Å². The molecule has 2 atom stereocenters. The number of nitrogens with one attached hydrogen (secondary N) is 1. The van der Waals surface area contributed by atoms with Crippen LogP contribution in [0, 0.1) is 0 Å². The maximum atomic E-state index is 11.1. The molecule has 1 heterocycles. The highest BCUT2D eigenvalue weighted by molar-refractivity contribution is 7.84. The van der Waals surface area contributed by atoms with Crippen LogP contribution in [0.15, 0.2) is 12.1 Å². The summed E-state index contributed by atoms with van der Waals surface area (Å²) in [7, 11) is -0.900. The SMILES string of the molecule is CC(CNc1ccc(C(=O)O)nn1)S(C)=O. The number of hydrogen-bond acceptors (Lipinski definition) is 5. The number of anilines is 1. The van der Waals surface area contributed by atoms with Gasteiger partial charge in [-0.05, 0) is 19.1 Å². The maximum Gasteiger partial charge on any atom is 0.356 e. The Morgan fingerprint density at radius 2 is 2.25 bits per heavy atom. The molecule has 1 aromatic heterocycles. The number of aromatic carboxylic acids is 1. The van der Waals surface area contributed by atoms with Crippen molar-refractivity contribution < 1.29 is 14.1 Å². The van der Waals surface area contributed by atoms with Crippen LogP contribution in [0.25, 0.3) is 0 Å². The molecule has 88 valence electrons. The van der Waals surface area contributed by atoms with Gasteiger partial charge in [0.05, 0.1) is 0 Å². The van der Waals surface area contributed by atoms with Crippen LogP contribution in [0.2, 0.25) is 0 Å². The van der Waals surface area contributed by atoms with Gasteiger partial charge in [-0.1, -0.05) is 0 Å². The second kappa shape index (κ2) is 5.55. The van der Waals surface area contributed by atoms with Gasteiger partial charge in [0, 0.05) is 28.9 Å². The van der Waals surface area contributed by atoms with Crippen molar-refractivity contribution in [3.63, 3.8) is 0 Å². The molecule has 0 bridgehead atoms. The summed E-state index contributed by atoms with van der Waals surface area (Å²) in [6.45, 7) is 2.35. The molecule has 0 aliphatic rings. The van der Waals surface area contributed by atoms with Crippen molar-refractivity contribution in [1.29, 1.82) is 0 Å². The molecule has 7 heteroatoms. The van der Waals surface area contributed by atoms with Gasteiger partial charge in [-0.3, -0.25) is 4.21 Å². The minimum absolute atomic E-state index is 0.000880. The molecule has 2 unspecified atom stereocenters. The summed E-state index contributed by atoms with van der Waals surface area (Å²) in [5, 5.41) is 18.7. The smallest absolute Gasteiger partial charge is 0.356 e. The molecule has 0 aliphatic heterocycles. The van der Waals surface area contributed by atoms with E-state index in [1.54, 1.807) is 6.26 Å². The summed E-state index contributed by atoms with van der Waals surface area (Å²) in [5.41, 5.74) is -0.0994. The van der Waals surface area contributed by atoms with Crippen molar-refractivity contribution >= 4 is 22.6 Å². The lowest BCUT2D eigenvalue weighted by molar-refractivity contribution is 0.0689. The Morgan fingerprint density at radius 3 is 2.69 bits per heavy atom. The van der Waals surface area contributed by atoms with Gasteiger partial charge in [-0.15, -0.1) is 10.2 Å². The Bertz CT molecular complexity index is 393. The van der Waals surface area contributed by atoms with E-state index in [-0.39, 0.29) is 10.9 Å². The minimum Gasteiger partial charge on any atom is -0.476 e. The Kier molecular flexibility index (Phi) is 4.36. The molecular weight excluding hydrogens is 230 g/mol. The number of rotatable bonds is 5. The van der Waals surface area contributed by atoms with Gasteiger partial charge in [-0.25, -0.2) is 4.79 Å². The van der Waals surface area contributed by atoms with Crippen LogP contribution in [-0.2, 0) is 10.8 Å². The van der Waals surface area contributed by atoms with Crippen molar-refractivity contribution in [3.05, 3.63) is 17.8 Å². The quantitative estimate of drug-likeness (QED) is 0.775. The first-order chi connectivity index (χ1) is 7.50. The number of aromatic nitrogens is 2. The third kappa shape index (κ3) is 3.58. The van der Waals surface area contributed by atoms with E-state index in [1.807, 2.05) is 6.92 Å². The highest BCUT2D eigenvalue weighted by Crippen LogP contribution is 2.03. The van der Waals surface area contributed by atoms with Crippen molar-refractivity contribution in [2.75, 3.05) is 18.1 Å². The first-order valence-corrected chi connectivity index (χ1v) is 6.26. The second-order valence-electron chi connectivity index (χ2n) is 3.30. The second-order valence-corrected chi connectivity index (χ2v) is 5.10. The Balaban J connectivity index is 2.56. The van der Waals surface area contributed by atoms with Crippen molar-refractivity contribution in [2.24, 2.45) is 0 Å². The molecule has 0 amide bonds.